The van der Waals surface area contributed by atoms with Crippen molar-refractivity contribution in [1.82, 2.24) is 0 Å². The van der Waals surface area contributed by atoms with Crippen molar-refractivity contribution in [3.8, 4) is 0 Å². The van der Waals surface area contributed by atoms with Gasteiger partial charge in [0.2, 0.25) is 5.78 Å². The molecule has 1 aliphatic carbocycles. The number of halogens is 1. The fourth-order valence-corrected chi connectivity index (χ4v) is 2.02. The average Bonchev–Trinajstić information content (AvgIpc) is 2.18. The topological polar surface area (TPSA) is 34.1 Å². The quantitative estimate of drug-likeness (QED) is 0.722. The zero-order chi connectivity index (χ0) is 11.2. The summed E-state index contributed by atoms with van der Waals surface area (Å²) in [5.74, 6) is -0.229. The molecule has 0 saturated heterocycles. The highest BCUT2D eigenvalue weighted by Crippen LogP contribution is 2.26. The summed E-state index contributed by atoms with van der Waals surface area (Å²) in [6.45, 7) is 3.86. The van der Waals surface area contributed by atoms with Gasteiger partial charge in [-0.05, 0) is 53.0 Å². The fraction of sp³-hybridized carbons (Fsp3) is 0.167. The molecule has 76 valence electrons. The molecule has 1 aromatic carbocycles. The van der Waals surface area contributed by atoms with Crippen LogP contribution in [0.2, 0.25) is 0 Å². The standard InChI is InChI=1S/C12H9BrO2/c1-6-3-8-9(4-7(6)2)12(15)10(13)5-11(8)14/h3-5H,1-2H3. The molecule has 0 radical (unpaired) electrons. The van der Waals surface area contributed by atoms with E-state index in [-0.39, 0.29) is 11.6 Å². The maximum atomic E-state index is 11.8. The molecule has 0 atom stereocenters. The molecule has 1 aliphatic rings. The first-order chi connectivity index (χ1) is 7.00. The minimum absolute atomic E-state index is 0.112. The van der Waals surface area contributed by atoms with E-state index in [1.807, 2.05) is 13.8 Å². The van der Waals surface area contributed by atoms with Gasteiger partial charge >= 0.3 is 0 Å². The first kappa shape index (κ1) is 10.3. The van der Waals surface area contributed by atoms with Crippen LogP contribution >= 0.6 is 15.9 Å². The minimum atomic E-state index is -0.118. The summed E-state index contributed by atoms with van der Waals surface area (Å²) in [6, 6.07) is 3.56. The van der Waals surface area contributed by atoms with E-state index in [2.05, 4.69) is 15.9 Å². The first-order valence-corrected chi connectivity index (χ1v) is 5.37. The van der Waals surface area contributed by atoms with E-state index >= 15 is 0 Å². The van der Waals surface area contributed by atoms with Crippen molar-refractivity contribution >= 4 is 27.5 Å². The third kappa shape index (κ3) is 1.57. The van der Waals surface area contributed by atoms with E-state index in [0.29, 0.717) is 15.6 Å². The van der Waals surface area contributed by atoms with Crippen molar-refractivity contribution in [3.05, 3.63) is 44.9 Å². The fourth-order valence-electron chi connectivity index (χ4n) is 1.59. The van der Waals surface area contributed by atoms with Crippen LogP contribution in [0.4, 0.5) is 0 Å². The average molecular weight is 265 g/mol. The second-order valence-corrected chi connectivity index (χ2v) is 4.52. The second-order valence-electron chi connectivity index (χ2n) is 3.67. The van der Waals surface area contributed by atoms with Crippen LogP contribution in [-0.2, 0) is 0 Å². The van der Waals surface area contributed by atoms with Crippen molar-refractivity contribution in [2.75, 3.05) is 0 Å². The molecule has 0 fully saturated rings. The summed E-state index contributed by atoms with van der Waals surface area (Å²) >= 11 is 3.10. The van der Waals surface area contributed by atoms with E-state index in [0.717, 1.165) is 11.1 Å². The third-order valence-corrected chi connectivity index (χ3v) is 3.21. The van der Waals surface area contributed by atoms with Crippen LogP contribution in [0.25, 0.3) is 0 Å². The number of hydrogen-bond acceptors (Lipinski definition) is 2. The third-order valence-electron chi connectivity index (χ3n) is 2.62. The van der Waals surface area contributed by atoms with Gasteiger partial charge < -0.3 is 0 Å². The molecule has 0 heterocycles. The Kier molecular flexibility index (Phi) is 2.35. The highest BCUT2D eigenvalue weighted by molar-refractivity contribution is 9.12. The van der Waals surface area contributed by atoms with E-state index in [1.165, 1.54) is 6.08 Å². The Labute approximate surface area is 96.1 Å². The number of ketones is 2. The first-order valence-electron chi connectivity index (χ1n) is 4.58. The molecule has 2 rings (SSSR count). The van der Waals surface area contributed by atoms with Gasteiger partial charge in [-0.2, -0.15) is 0 Å². The van der Waals surface area contributed by atoms with Crippen molar-refractivity contribution in [3.63, 3.8) is 0 Å². The molecule has 1 aromatic rings. The van der Waals surface area contributed by atoms with Crippen molar-refractivity contribution in [2.24, 2.45) is 0 Å². The van der Waals surface area contributed by atoms with Crippen LogP contribution < -0.4 is 0 Å². The molecule has 0 aliphatic heterocycles. The molecule has 0 spiro atoms. The van der Waals surface area contributed by atoms with Gasteiger partial charge in [-0.15, -0.1) is 0 Å². The molecular weight excluding hydrogens is 256 g/mol. The van der Waals surface area contributed by atoms with Gasteiger partial charge in [-0.25, -0.2) is 0 Å². The van der Waals surface area contributed by atoms with Crippen LogP contribution in [0.1, 0.15) is 31.8 Å². The predicted molar refractivity (Wildman–Crippen MR) is 61.6 cm³/mol. The van der Waals surface area contributed by atoms with Crippen molar-refractivity contribution < 1.29 is 9.59 Å². The summed E-state index contributed by atoms with van der Waals surface area (Å²) in [4.78, 5) is 23.4. The molecular formula is C12H9BrO2. The van der Waals surface area contributed by atoms with Crippen LogP contribution in [0.3, 0.4) is 0 Å². The molecule has 3 heteroatoms. The highest BCUT2D eigenvalue weighted by atomic mass is 79.9. The smallest absolute Gasteiger partial charge is 0.200 e. The van der Waals surface area contributed by atoms with Crippen LogP contribution in [0.15, 0.2) is 22.7 Å². The monoisotopic (exact) mass is 264 g/mol. The molecule has 0 aromatic heterocycles. The van der Waals surface area contributed by atoms with Gasteiger partial charge in [0.15, 0.2) is 5.78 Å². The van der Waals surface area contributed by atoms with Gasteiger partial charge in [-0.1, -0.05) is 0 Å². The van der Waals surface area contributed by atoms with Crippen LogP contribution in [0.5, 0.6) is 0 Å². The van der Waals surface area contributed by atoms with Crippen molar-refractivity contribution in [2.45, 2.75) is 13.8 Å². The number of hydrogen-bond donors (Lipinski definition) is 0. The SMILES string of the molecule is Cc1cc2c(cc1C)C(=O)C(Br)=CC2=O. The Morgan fingerprint density at radius 3 is 2.13 bits per heavy atom. The molecule has 2 nitrogen and oxygen atoms in total. The number of aryl methyl sites for hydroxylation is 2. The van der Waals surface area contributed by atoms with Crippen molar-refractivity contribution in [1.29, 1.82) is 0 Å². The number of rotatable bonds is 0. The Balaban J connectivity index is 2.73. The number of fused-ring (bicyclic) bond motifs is 1. The maximum Gasteiger partial charge on any atom is 0.200 e. The van der Waals surface area contributed by atoms with Crippen LogP contribution in [0, 0.1) is 13.8 Å². The lowest BCUT2D eigenvalue weighted by molar-refractivity contribution is 0.0991. The van der Waals surface area contributed by atoms with Gasteiger partial charge in [0, 0.05) is 17.2 Å². The second kappa shape index (κ2) is 3.42. The molecule has 0 N–H and O–H groups in total. The van der Waals surface area contributed by atoms with E-state index in [4.69, 9.17) is 0 Å². The van der Waals surface area contributed by atoms with Crippen LogP contribution in [-0.4, -0.2) is 11.6 Å². The Morgan fingerprint density at radius 1 is 1.00 bits per heavy atom. The zero-order valence-corrected chi connectivity index (χ0v) is 10.0. The lowest BCUT2D eigenvalue weighted by Gasteiger charge is -2.13. The van der Waals surface area contributed by atoms with Gasteiger partial charge in [-0.3, -0.25) is 9.59 Å². The lowest BCUT2D eigenvalue weighted by atomic mass is 9.91. The summed E-state index contributed by atoms with van der Waals surface area (Å²) in [7, 11) is 0. The number of carbonyl (C=O) groups excluding carboxylic acids is 2. The number of Topliss-reactive ketones (excluding diaryl/α,β-unsaturated/α-hetero) is 1. The molecule has 0 saturated carbocycles. The summed E-state index contributed by atoms with van der Waals surface area (Å²) in [6.07, 6.45) is 1.33. The van der Waals surface area contributed by atoms with E-state index < -0.39 is 0 Å². The number of allylic oxidation sites excluding steroid dienone is 2. The largest absolute Gasteiger partial charge is 0.289 e. The van der Waals surface area contributed by atoms with Gasteiger partial charge in [0.25, 0.3) is 0 Å². The normalized spacial score (nSPS) is 15.0. The molecule has 0 unspecified atom stereocenters. The Morgan fingerprint density at radius 2 is 1.53 bits per heavy atom. The Hall–Kier alpha value is -1.22. The van der Waals surface area contributed by atoms with Gasteiger partial charge in [0.05, 0.1) is 4.48 Å². The zero-order valence-electron chi connectivity index (χ0n) is 8.43. The summed E-state index contributed by atoms with van der Waals surface area (Å²) in [5.41, 5.74) is 3.06. The van der Waals surface area contributed by atoms with E-state index in [9.17, 15) is 9.59 Å². The summed E-state index contributed by atoms with van der Waals surface area (Å²) < 4.78 is 0.336. The minimum Gasteiger partial charge on any atom is -0.289 e. The van der Waals surface area contributed by atoms with Gasteiger partial charge in [0.1, 0.15) is 0 Å². The van der Waals surface area contributed by atoms with E-state index in [1.54, 1.807) is 12.1 Å². The predicted octanol–water partition coefficient (Wildman–Crippen LogP) is 2.96. The molecule has 0 amide bonds. The maximum absolute atomic E-state index is 11.8. The summed E-state index contributed by atoms with van der Waals surface area (Å²) in [5, 5.41) is 0. The Bertz CT molecular complexity index is 513. The highest BCUT2D eigenvalue weighted by Gasteiger charge is 2.24. The number of benzene rings is 1. The number of carbonyl (C=O) groups is 2. The lowest BCUT2D eigenvalue weighted by Crippen LogP contribution is -2.15. The molecule has 0 bridgehead atoms. The molecule has 15 heavy (non-hydrogen) atoms.